The Kier molecular flexibility index (Phi) is 2.19. The predicted molar refractivity (Wildman–Crippen MR) is 53.6 cm³/mol. The SMILES string of the molecule is Cc1c(CC(=O)O)cn2c1NCCC2. The largest absolute Gasteiger partial charge is 0.481 e. The zero-order valence-corrected chi connectivity index (χ0v) is 8.21. The Morgan fingerprint density at radius 1 is 1.71 bits per heavy atom. The molecule has 0 saturated carbocycles. The first-order valence-corrected chi connectivity index (χ1v) is 4.83. The van der Waals surface area contributed by atoms with Crippen LogP contribution in [0.5, 0.6) is 0 Å². The Labute approximate surface area is 82.5 Å². The van der Waals surface area contributed by atoms with Crippen LogP contribution in [-0.2, 0) is 17.8 Å². The van der Waals surface area contributed by atoms with Crippen LogP contribution >= 0.6 is 0 Å². The highest BCUT2D eigenvalue weighted by Gasteiger charge is 2.16. The van der Waals surface area contributed by atoms with Gasteiger partial charge in [-0.2, -0.15) is 0 Å². The molecule has 2 heterocycles. The van der Waals surface area contributed by atoms with E-state index in [0.717, 1.165) is 36.5 Å². The Balaban J connectivity index is 2.33. The lowest BCUT2D eigenvalue weighted by atomic mass is 10.1. The summed E-state index contributed by atoms with van der Waals surface area (Å²) in [4.78, 5) is 10.6. The maximum Gasteiger partial charge on any atom is 0.307 e. The molecule has 2 N–H and O–H groups in total. The second kappa shape index (κ2) is 3.36. The minimum atomic E-state index is -0.768. The van der Waals surface area contributed by atoms with Crippen molar-refractivity contribution in [2.24, 2.45) is 0 Å². The first-order valence-electron chi connectivity index (χ1n) is 4.83. The van der Waals surface area contributed by atoms with E-state index >= 15 is 0 Å². The first-order chi connectivity index (χ1) is 6.68. The molecule has 14 heavy (non-hydrogen) atoms. The molecule has 1 aromatic heterocycles. The number of aromatic nitrogens is 1. The van der Waals surface area contributed by atoms with Crippen LogP contribution in [0.3, 0.4) is 0 Å². The molecule has 0 unspecified atom stereocenters. The summed E-state index contributed by atoms with van der Waals surface area (Å²) in [6.07, 6.45) is 3.17. The molecule has 4 heteroatoms. The van der Waals surface area contributed by atoms with Crippen LogP contribution in [0.15, 0.2) is 6.20 Å². The molecule has 0 amide bonds. The van der Waals surface area contributed by atoms with Gasteiger partial charge in [-0.15, -0.1) is 0 Å². The number of anilines is 1. The quantitative estimate of drug-likeness (QED) is 0.744. The van der Waals surface area contributed by atoms with E-state index in [0.29, 0.717) is 0 Å². The lowest BCUT2D eigenvalue weighted by Crippen LogP contribution is -2.16. The number of carboxylic acid groups (broad SMARTS) is 1. The third-order valence-corrected chi connectivity index (χ3v) is 2.65. The van der Waals surface area contributed by atoms with Crippen molar-refractivity contribution < 1.29 is 9.90 Å². The van der Waals surface area contributed by atoms with Crippen molar-refractivity contribution in [1.82, 2.24) is 4.57 Å². The molecule has 0 atom stereocenters. The Morgan fingerprint density at radius 3 is 3.14 bits per heavy atom. The molecule has 0 aliphatic carbocycles. The van der Waals surface area contributed by atoms with Crippen LogP contribution in [0.4, 0.5) is 5.82 Å². The second-order valence-electron chi connectivity index (χ2n) is 3.67. The summed E-state index contributed by atoms with van der Waals surface area (Å²) in [6, 6.07) is 0. The standard InChI is InChI=1S/C10H14N2O2/c1-7-8(5-9(13)14)6-12-4-2-3-11-10(7)12/h6,11H,2-5H2,1H3,(H,13,14). The normalized spacial score (nSPS) is 14.6. The molecule has 0 aromatic carbocycles. The highest BCUT2D eigenvalue weighted by atomic mass is 16.4. The molecule has 4 nitrogen and oxygen atoms in total. The van der Waals surface area contributed by atoms with E-state index in [2.05, 4.69) is 9.88 Å². The van der Waals surface area contributed by atoms with Gasteiger partial charge in [-0.05, 0) is 24.5 Å². The fraction of sp³-hybridized carbons (Fsp3) is 0.500. The highest BCUT2D eigenvalue weighted by Crippen LogP contribution is 2.25. The van der Waals surface area contributed by atoms with E-state index in [1.807, 2.05) is 13.1 Å². The van der Waals surface area contributed by atoms with E-state index in [1.54, 1.807) is 0 Å². The lowest BCUT2D eigenvalue weighted by molar-refractivity contribution is -0.136. The van der Waals surface area contributed by atoms with E-state index in [1.165, 1.54) is 0 Å². The van der Waals surface area contributed by atoms with Gasteiger partial charge in [-0.25, -0.2) is 0 Å². The Bertz CT molecular complexity index is 368. The molecule has 0 saturated heterocycles. The molecular formula is C10H14N2O2. The maximum absolute atomic E-state index is 10.6. The van der Waals surface area contributed by atoms with Crippen LogP contribution < -0.4 is 5.32 Å². The third-order valence-electron chi connectivity index (χ3n) is 2.65. The predicted octanol–water partition coefficient (Wildman–Crippen LogP) is 1.24. The number of hydrogen-bond acceptors (Lipinski definition) is 2. The molecule has 0 radical (unpaired) electrons. The van der Waals surface area contributed by atoms with Gasteiger partial charge in [0, 0.05) is 19.3 Å². The van der Waals surface area contributed by atoms with Gasteiger partial charge in [0.25, 0.3) is 0 Å². The zero-order valence-electron chi connectivity index (χ0n) is 8.21. The topological polar surface area (TPSA) is 54.3 Å². The Morgan fingerprint density at radius 2 is 2.50 bits per heavy atom. The van der Waals surface area contributed by atoms with Crippen LogP contribution in [-0.4, -0.2) is 22.2 Å². The van der Waals surface area contributed by atoms with Crippen molar-refractivity contribution in [3.63, 3.8) is 0 Å². The monoisotopic (exact) mass is 194 g/mol. The average molecular weight is 194 g/mol. The van der Waals surface area contributed by atoms with Gasteiger partial charge >= 0.3 is 5.97 Å². The molecular weight excluding hydrogens is 180 g/mol. The van der Waals surface area contributed by atoms with Gasteiger partial charge < -0.3 is 15.0 Å². The molecule has 76 valence electrons. The average Bonchev–Trinajstić information content (AvgIpc) is 2.44. The molecule has 0 bridgehead atoms. The van der Waals surface area contributed by atoms with Crippen LogP contribution in [0.1, 0.15) is 17.5 Å². The van der Waals surface area contributed by atoms with Crippen molar-refractivity contribution in [3.05, 3.63) is 17.3 Å². The van der Waals surface area contributed by atoms with Crippen LogP contribution in [0.25, 0.3) is 0 Å². The van der Waals surface area contributed by atoms with Crippen LogP contribution in [0, 0.1) is 6.92 Å². The number of aliphatic carboxylic acids is 1. The van der Waals surface area contributed by atoms with E-state index in [4.69, 9.17) is 5.11 Å². The van der Waals surface area contributed by atoms with E-state index in [9.17, 15) is 4.79 Å². The third kappa shape index (κ3) is 1.47. The van der Waals surface area contributed by atoms with Gasteiger partial charge in [-0.3, -0.25) is 4.79 Å². The molecule has 1 aliphatic rings. The molecule has 0 fully saturated rings. The zero-order chi connectivity index (χ0) is 10.1. The van der Waals surface area contributed by atoms with E-state index < -0.39 is 5.97 Å². The van der Waals surface area contributed by atoms with Crippen molar-refractivity contribution in [2.75, 3.05) is 11.9 Å². The van der Waals surface area contributed by atoms with Gasteiger partial charge in [0.15, 0.2) is 0 Å². The van der Waals surface area contributed by atoms with Crippen molar-refractivity contribution >= 4 is 11.8 Å². The van der Waals surface area contributed by atoms with Crippen LogP contribution in [0.2, 0.25) is 0 Å². The Hall–Kier alpha value is -1.45. The molecule has 2 rings (SSSR count). The minimum absolute atomic E-state index is 0.119. The lowest BCUT2D eigenvalue weighted by Gasteiger charge is -2.17. The van der Waals surface area contributed by atoms with E-state index in [-0.39, 0.29) is 6.42 Å². The summed E-state index contributed by atoms with van der Waals surface area (Å²) >= 11 is 0. The maximum atomic E-state index is 10.6. The van der Waals surface area contributed by atoms with Crippen molar-refractivity contribution in [2.45, 2.75) is 26.3 Å². The summed E-state index contributed by atoms with van der Waals surface area (Å²) in [6.45, 7) is 3.95. The molecule has 0 spiro atoms. The van der Waals surface area contributed by atoms with Crippen molar-refractivity contribution in [1.29, 1.82) is 0 Å². The van der Waals surface area contributed by atoms with Gasteiger partial charge in [0.05, 0.1) is 6.42 Å². The number of carboxylic acids is 1. The fourth-order valence-electron chi connectivity index (χ4n) is 1.92. The number of hydrogen-bond donors (Lipinski definition) is 2. The molecule has 1 aliphatic heterocycles. The number of nitrogens with one attached hydrogen (secondary N) is 1. The molecule has 1 aromatic rings. The number of fused-ring (bicyclic) bond motifs is 1. The summed E-state index contributed by atoms with van der Waals surface area (Å²) in [5.41, 5.74) is 1.99. The number of carbonyl (C=O) groups is 1. The van der Waals surface area contributed by atoms with Gasteiger partial charge in [0.1, 0.15) is 5.82 Å². The van der Waals surface area contributed by atoms with Gasteiger partial charge in [-0.1, -0.05) is 0 Å². The number of aryl methyl sites for hydroxylation is 1. The number of nitrogens with zero attached hydrogens (tertiary/aromatic N) is 1. The summed E-state index contributed by atoms with van der Waals surface area (Å²) in [5, 5.41) is 12.0. The van der Waals surface area contributed by atoms with Crippen molar-refractivity contribution in [3.8, 4) is 0 Å². The first kappa shape index (κ1) is 9.12. The fourth-order valence-corrected chi connectivity index (χ4v) is 1.92. The second-order valence-corrected chi connectivity index (χ2v) is 3.67. The summed E-state index contributed by atoms with van der Waals surface area (Å²) < 4.78 is 2.11. The van der Waals surface area contributed by atoms with Gasteiger partial charge in [0.2, 0.25) is 0 Å². The smallest absolute Gasteiger partial charge is 0.307 e. The highest BCUT2D eigenvalue weighted by molar-refractivity contribution is 5.72. The minimum Gasteiger partial charge on any atom is -0.481 e. The number of rotatable bonds is 2. The summed E-state index contributed by atoms with van der Waals surface area (Å²) in [5.74, 6) is 0.323. The summed E-state index contributed by atoms with van der Waals surface area (Å²) in [7, 11) is 0.